The van der Waals surface area contributed by atoms with Crippen LogP contribution in [0.3, 0.4) is 0 Å². The van der Waals surface area contributed by atoms with Crippen molar-refractivity contribution in [3.05, 3.63) is 65.2 Å². The van der Waals surface area contributed by atoms with Gasteiger partial charge in [-0.05, 0) is 41.7 Å². The van der Waals surface area contributed by atoms with Crippen LogP contribution in [-0.4, -0.2) is 18.9 Å². The monoisotopic (exact) mass is 352 g/mol. The number of hydrogen-bond donors (Lipinski definition) is 2. The van der Waals surface area contributed by atoms with Crippen LogP contribution in [0.2, 0.25) is 0 Å². The third-order valence-electron chi connectivity index (χ3n) is 4.75. The summed E-state index contributed by atoms with van der Waals surface area (Å²) in [6, 6.07) is 15.3. The molecule has 1 aliphatic rings. The lowest BCUT2D eigenvalue weighted by molar-refractivity contribution is -0.123. The summed E-state index contributed by atoms with van der Waals surface area (Å²) in [5, 5.41) is 5.98. The first-order chi connectivity index (χ1) is 12.6. The van der Waals surface area contributed by atoms with Crippen molar-refractivity contribution in [1.82, 2.24) is 10.6 Å². The molecule has 5 nitrogen and oxygen atoms in total. The Morgan fingerprint density at radius 1 is 1.15 bits per heavy atom. The van der Waals surface area contributed by atoms with Crippen LogP contribution >= 0.6 is 0 Å². The number of ether oxygens (including phenoxy) is 1. The molecule has 2 unspecified atom stereocenters. The molecule has 0 bridgehead atoms. The first-order valence-electron chi connectivity index (χ1n) is 8.85. The summed E-state index contributed by atoms with van der Waals surface area (Å²) >= 11 is 0. The minimum absolute atomic E-state index is 0.0487. The molecule has 2 atom stereocenters. The average Bonchev–Trinajstić information content (AvgIpc) is 3.04. The van der Waals surface area contributed by atoms with Gasteiger partial charge in [0.2, 0.25) is 11.8 Å². The second kappa shape index (κ2) is 8.04. The second-order valence-corrected chi connectivity index (χ2v) is 6.59. The molecule has 0 aromatic heterocycles. The number of methoxy groups -OCH3 is 1. The average molecular weight is 352 g/mol. The maximum Gasteiger partial charge on any atom is 0.222 e. The molecule has 0 aliphatic heterocycles. The van der Waals surface area contributed by atoms with Crippen molar-refractivity contribution in [2.75, 3.05) is 7.11 Å². The Balaban J connectivity index is 1.68. The Kier molecular flexibility index (Phi) is 5.56. The van der Waals surface area contributed by atoms with Gasteiger partial charge in [-0.2, -0.15) is 0 Å². The van der Waals surface area contributed by atoms with Crippen LogP contribution in [0.5, 0.6) is 5.75 Å². The number of aryl methyl sites for hydroxylation is 1. The Morgan fingerprint density at radius 2 is 1.88 bits per heavy atom. The summed E-state index contributed by atoms with van der Waals surface area (Å²) in [5.41, 5.74) is 3.37. The number of amides is 2. The van der Waals surface area contributed by atoms with Gasteiger partial charge >= 0.3 is 0 Å². The minimum Gasteiger partial charge on any atom is -0.497 e. The maximum atomic E-state index is 12.6. The highest BCUT2D eigenvalue weighted by atomic mass is 16.5. The highest BCUT2D eigenvalue weighted by Crippen LogP contribution is 2.31. The fourth-order valence-corrected chi connectivity index (χ4v) is 3.48. The van der Waals surface area contributed by atoms with E-state index in [2.05, 4.69) is 22.8 Å². The maximum absolute atomic E-state index is 12.6. The van der Waals surface area contributed by atoms with E-state index in [0.29, 0.717) is 0 Å². The summed E-state index contributed by atoms with van der Waals surface area (Å²) < 4.78 is 5.17. The van der Waals surface area contributed by atoms with Gasteiger partial charge in [0.15, 0.2) is 0 Å². The predicted molar refractivity (Wildman–Crippen MR) is 99.8 cm³/mol. The molecule has 0 fully saturated rings. The van der Waals surface area contributed by atoms with E-state index in [0.717, 1.165) is 24.2 Å². The minimum atomic E-state index is -0.366. The molecule has 2 amide bonds. The molecule has 5 heteroatoms. The summed E-state index contributed by atoms with van der Waals surface area (Å²) in [6.07, 6.45) is 2.09. The molecule has 0 saturated heterocycles. The first kappa shape index (κ1) is 18.0. The molecule has 2 aromatic rings. The standard InChI is InChI=1S/C21H24N2O3/c1-14(24)22-20(16-7-10-17(26-2)11-8-16)13-21(25)23-19-12-9-15-5-3-4-6-18(15)19/h3-8,10-11,19-20H,9,12-13H2,1-2H3,(H,22,24)(H,23,25). The van der Waals surface area contributed by atoms with E-state index in [4.69, 9.17) is 4.74 Å². The van der Waals surface area contributed by atoms with Gasteiger partial charge in [-0.1, -0.05) is 36.4 Å². The van der Waals surface area contributed by atoms with E-state index in [9.17, 15) is 9.59 Å². The third kappa shape index (κ3) is 4.23. The topological polar surface area (TPSA) is 67.4 Å². The number of nitrogens with one attached hydrogen (secondary N) is 2. The third-order valence-corrected chi connectivity index (χ3v) is 4.75. The normalized spacial score (nSPS) is 16.5. The van der Waals surface area contributed by atoms with E-state index < -0.39 is 0 Å². The lowest BCUT2D eigenvalue weighted by atomic mass is 10.0. The van der Waals surface area contributed by atoms with Crippen LogP contribution in [0.15, 0.2) is 48.5 Å². The van der Waals surface area contributed by atoms with Crippen LogP contribution in [0.25, 0.3) is 0 Å². The number of fused-ring (bicyclic) bond motifs is 1. The van der Waals surface area contributed by atoms with Crippen molar-refractivity contribution in [2.24, 2.45) is 0 Å². The first-order valence-corrected chi connectivity index (χ1v) is 8.85. The summed E-state index contributed by atoms with van der Waals surface area (Å²) in [6.45, 7) is 1.46. The molecule has 0 spiro atoms. The van der Waals surface area contributed by atoms with E-state index in [1.165, 1.54) is 18.1 Å². The fraction of sp³-hybridized carbons (Fsp3) is 0.333. The summed E-state index contributed by atoms with van der Waals surface area (Å²) in [7, 11) is 1.60. The summed E-state index contributed by atoms with van der Waals surface area (Å²) in [5.74, 6) is 0.508. The smallest absolute Gasteiger partial charge is 0.222 e. The van der Waals surface area contributed by atoms with Gasteiger partial charge in [-0.3, -0.25) is 9.59 Å². The van der Waals surface area contributed by atoms with E-state index in [1.54, 1.807) is 7.11 Å². The van der Waals surface area contributed by atoms with Crippen molar-refractivity contribution < 1.29 is 14.3 Å². The zero-order valence-corrected chi connectivity index (χ0v) is 15.1. The molecule has 26 heavy (non-hydrogen) atoms. The van der Waals surface area contributed by atoms with Gasteiger partial charge in [-0.25, -0.2) is 0 Å². The van der Waals surface area contributed by atoms with Crippen LogP contribution in [0.4, 0.5) is 0 Å². The van der Waals surface area contributed by atoms with Crippen LogP contribution < -0.4 is 15.4 Å². The van der Waals surface area contributed by atoms with E-state index in [-0.39, 0.29) is 30.3 Å². The van der Waals surface area contributed by atoms with Gasteiger partial charge in [0.25, 0.3) is 0 Å². The van der Waals surface area contributed by atoms with Crippen molar-refractivity contribution in [2.45, 2.75) is 38.3 Å². The van der Waals surface area contributed by atoms with Crippen LogP contribution in [0, 0.1) is 0 Å². The molecular weight excluding hydrogens is 328 g/mol. The zero-order chi connectivity index (χ0) is 18.5. The zero-order valence-electron chi connectivity index (χ0n) is 15.1. The molecule has 0 saturated carbocycles. The molecular formula is C21H24N2O3. The Hall–Kier alpha value is -2.82. The lowest BCUT2D eigenvalue weighted by Crippen LogP contribution is -2.34. The molecule has 2 N–H and O–H groups in total. The van der Waals surface area contributed by atoms with Crippen molar-refractivity contribution in [3.63, 3.8) is 0 Å². The largest absolute Gasteiger partial charge is 0.497 e. The van der Waals surface area contributed by atoms with Gasteiger partial charge in [0.1, 0.15) is 5.75 Å². The fourth-order valence-electron chi connectivity index (χ4n) is 3.48. The number of rotatable bonds is 6. The number of hydrogen-bond acceptors (Lipinski definition) is 3. The second-order valence-electron chi connectivity index (χ2n) is 6.59. The van der Waals surface area contributed by atoms with E-state index in [1.807, 2.05) is 36.4 Å². The highest BCUT2D eigenvalue weighted by molar-refractivity contribution is 5.79. The van der Waals surface area contributed by atoms with Crippen LogP contribution in [0.1, 0.15) is 48.5 Å². The van der Waals surface area contributed by atoms with Gasteiger partial charge in [0, 0.05) is 6.92 Å². The van der Waals surface area contributed by atoms with Crippen molar-refractivity contribution >= 4 is 11.8 Å². The van der Waals surface area contributed by atoms with Gasteiger partial charge in [0.05, 0.1) is 25.6 Å². The number of carbonyl (C=O) groups excluding carboxylic acids is 2. The molecule has 2 aromatic carbocycles. The summed E-state index contributed by atoms with van der Waals surface area (Å²) in [4.78, 5) is 24.2. The predicted octanol–water partition coefficient (Wildman–Crippen LogP) is 3.07. The molecule has 0 heterocycles. The molecule has 3 rings (SSSR count). The number of carbonyl (C=O) groups is 2. The quantitative estimate of drug-likeness (QED) is 0.840. The lowest BCUT2D eigenvalue weighted by Gasteiger charge is -2.20. The van der Waals surface area contributed by atoms with Crippen molar-refractivity contribution in [3.8, 4) is 5.75 Å². The molecule has 136 valence electrons. The molecule has 0 radical (unpaired) electrons. The SMILES string of the molecule is COc1ccc(C(CC(=O)NC2CCc3ccccc32)NC(C)=O)cc1. The van der Waals surface area contributed by atoms with E-state index >= 15 is 0 Å². The van der Waals surface area contributed by atoms with Crippen LogP contribution in [-0.2, 0) is 16.0 Å². The Morgan fingerprint density at radius 3 is 2.58 bits per heavy atom. The van der Waals surface area contributed by atoms with Gasteiger partial charge < -0.3 is 15.4 Å². The number of benzene rings is 2. The Labute approximate surface area is 153 Å². The molecule has 1 aliphatic carbocycles. The van der Waals surface area contributed by atoms with Gasteiger partial charge in [-0.15, -0.1) is 0 Å². The Bertz CT molecular complexity index is 786. The highest BCUT2D eigenvalue weighted by Gasteiger charge is 2.25. The van der Waals surface area contributed by atoms with Crippen molar-refractivity contribution in [1.29, 1.82) is 0 Å².